The smallest absolute Gasteiger partial charge is 0.266 e. The lowest BCUT2D eigenvalue weighted by Gasteiger charge is -2.07. The molecule has 0 saturated heterocycles. The highest BCUT2D eigenvalue weighted by Crippen LogP contribution is 2.20. The van der Waals surface area contributed by atoms with Crippen LogP contribution in [-0.4, -0.2) is 15.9 Å². The van der Waals surface area contributed by atoms with Gasteiger partial charge >= 0.3 is 0 Å². The Morgan fingerprint density at radius 3 is 2.53 bits per heavy atom. The standard InChI is InChI=1S/C28H20N4O2/c29-17-22(28(33)30-23-12-11-20-5-1-2-6-21(20)16-23)15-19-9-13-24(14-10-19)34-18-27-31-25-7-3-4-8-26(25)32-27/h1-16H,18H2,(H,30,33)(H,31,32)/b22-15+. The van der Waals surface area contributed by atoms with Crippen LogP contribution in [0.1, 0.15) is 11.4 Å². The molecule has 0 aliphatic rings. The zero-order valence-electron chi connectivity index (χ0n) is 18.2. The number of imidazole rings is 1. The van der Waals surface area contributed by atoms with E-state index in [-0.39, 0.29) is 5.57 Å². The van der Waals surface area contributed by atoms with E-state index in [4.69, 9.17) is 4.74 Å². The summed E-state index contributed by atoms with van der Waals surface area (Å²) in [5.41, 5.74) is 3.24. The highest BCUT2D eigenvalue weighted by molar-refractivity contribution is 6.10. The Hall–Kier alpha value is -4.89. The van der Waals surface area contributed by atoms with E-state index in [1.165, 1.54) is 0 Å². The zero-order valence-corrected chi connectivity index (χ0v) is 18.2. The molecule has 6 heteroatoms. The quantitative estimate of drug-likeness (QED) is 0.254. The number of carbonyl (C=O) groups is 1. The second-order valence-electron chi connectivity index (χ2n) is 7.74. The van der Waals surface area contributed by atoms with Gasteiger partial charge in [0.15, 0.2) is 0 Å². The molecule has 1 aromatic heterocycles. The number of fused-ring (bicyclic) bond motifs is 2. The Kier molecular flexibility index (Phi) is 5.74. The second-order valence-corrected chi connectivity index (χ2v) is 7.74. The maximum absolute atomic E-state index is 12.6. The molecule has 1 amide bonds. The van der Waals surface area contributed by atoms with Crippen LogP contribution in [0.4, 0.5) is 5.69 Å². The van der Waals surface area contributed by atoms with E-state index in [0.29, 0.717) is 18.0 Å². The first-order valence-electron chi connectivity index (χ1n) is 10.8. The largest absolute Gasteiger partial charge is 0.486 e. The van der Waals surface area contributed by atoms with Gasteiger partial charge in [-0.1, -0.05) is 54.6 Å². The molecule has 5 rings (SSSR count). The highest BCUT2D eigenvalue weighted by atomic mass is 16.5. The third kappa shape index (κ3) is 4.64. The third-order valence-corrected chi connectivity index (χ3v) is 5.38. The molecular formula is C28H20N4O2. The van der Waals surface area contributed by atoms with E-state index >= 15 is 0 Å². The van der Waals surface area contributed by atoms with Crippen LogP contribution in [0, 0.1) is 11.3 Å². The number of H-pyrrole nitrogens is 1. The lowest BCUT2D eigenvalue weighted by molar-refractivity contribution is -0.112. The van der Waals surface area contributed by atoms with Crippen LogP contribution in [0.3, 0.4) is 0 Å². The summed E-state index contributed by atoms with van der Waals surface area (Å²) in [5.74, 6) is 0.946. The van der Waals surface area contributed by atoms with Gasteiger partial charge in [0.1, 0.15) is 29.8 Å². The van der Waals surface area contributed by atoms with E-state index in [2.05, 4.69) is 15.3 Å². The maximum Gasteiger partial charge on any atom is 0.266 e. The second kappa shape index (κ2) is 9.31. The van der Waals surface area contributed by atoms with Gasteiger partial charge in [-0.05, 0) is 58.8 Å². The average Bonchev–Trinajstić information content (AvgIpc) is 3.30. The molecular weight excluding hydrogens is 424 g/mol. The van der Waals surface area contributed by atoms with Crippen LogP contribution in [0.15, 0.2) is 96.6 Å². The molecule has 2 N–H and O–H groups in total. The number of amides is 1. The summed E-state index contributed by atoms with van der Waals surface area (Å²) in [6, 6.07) is 30.5. The van der Waals surface area contributed by atoms with Crippen LogP contribution >= 0.6 is 0 Å². The number of para-hydroxylation sites is 2. The van der Waals surface area contributed by atoms with Crippen molar-refractivity contribution in [2.45, 2.75) is 6.61 Å². The van der Waals surface area contributed by atoms with Gasteiger partial charge in [0, 0.05) is 5.69 Å². The van der Waals surface area contributed by atoms with Crippen molar-refractivity contribution in [3.05, 3.63) is 108 Å². The van der Waals surface area contributed by atoms with Crippen molar-refractivity contribution in [2.24, 2.45) is 0 Å². The van der Waals surface area contributed by atoms with Crippen LogP contribution in [0.5, 0.6) is 5.75 Å². The number of rotatable bonds is 6. The number of hydrogen-bond donors (Lipinski definition) is 2. The number of nitriles is 1. The predicted molar refractivity (Wildman–Crippen MR) is 133 cm³/mol. The monoisotopic (exact) mass is 444 g/mol. The molecule has 0 aliphatic carbocycles. The Balaban J connectivity index is 1.24. The lowest BCUT2D eigenvalue weighted by atomic mass is 10.1. The van der Waals surface area contributed by atoms with E-state index in [0.717, 1.165) is 33.2 Å². The van der Waals surface area contributed by atoms with Gasteiger partial charge in [0.25, 0.3) is 5.91 Å². The molecule has 0 aliphatic heterocycles. The molecule has 0 radical (unpaired) electrons. The van der Waals surface area contributed by atoms with E-state index < -0.39 is 5.91 Å². The number of aromatic nitrogens is 2. The predicted octanol–water partition coefficient (Wildman–Crippen LogP) is 5.84. The topological polar surface area (TPSA) is 90.8 Å². The van der Waals surface area contributed by atoms with Gasteiger partial charge in [-0.2, -0.15) is 5.26 Å². The summed E-state index contributed by atoms with van der Waals surface area (Å²) in [4.78, 5) is 20.4. The van der Waals surface area contributed by atoms with Gasteiger partial charge in [-0.15, -0.1) is 0 Å². The SMILES string of the molecule is N#C/C(=C\c1ccc(OCc2nc3ccccc3[nH]2)cc1)C(=O)Nc1ccc2ccccc2c1. The molecule has 34 heavy (non-hydrogen) atoms. The summed E-state index contributed by atoms with van der Waals surface area (Å²) in [7, 11) is 0. The van der Waals surface area contributed by atoms with Gasteiger partial charge in [-0.3, -0.25) is 4.79 Å². The van der Waals surface area contributed by atoms with Gasteiger partial charge < -0.3 is 15.0 Å². The minimum absolute atomic E-state index is 0.0177. The number of carbonyl (C=O) groups excluding carboxylic acids is 1. The Bertz CT molecular complexity index is 1530. The minimum atomic E-state index is -0.456. The number of nitrogens with zero attached hydrogens (tertiary/aromatic N) is 2. The van der Waals surface area contributed by atoms with Crippen molar-refractivity contribution in [1.29, 1.82) is 5.26 Å². The van der Waals surface area contributed by atoms with E-state index in [9.17, 15) is 10.1 Å². The fraction of sp³-hybridized carbons (Fsp3) is 0.0357. The van der Waals surface area contributed by atoms with Crippen molar-refractivity contribution in [2.75, 3.05) is 5.32 Å². The molecule has 0 spiro atoms. The Morgan fingerprint density at radius 2 is 1.74 bits per heavy atom. The highest BCUT2D eigenvalue weighted by Gasteiger charge is 2.10. The van der Waals surface area contributed by atoms with Crippen molar-refractivity contribution in [1.82, 2.24) is 9.97 Å². The lowest BCUT2D eigenvalue weighted by Crippen LogP contribution is -2.13. The fourth-order valence-corrected chi connectivity index (χ4v) is 3.67. The van der Waals surface area contributed by atoms with Crippen molar-refractivity contribution in [3.8, 4) is 11.8 Å². The van der Waals surface area contributed by atoms with E-state index in [1.54, 1.807) is 30.3 Å². The summed E-state index contributed by atoms with van der Waals surface area (Å²) < 4.78 is 5.81. The first-order valence-corrected chi connectivity index (χ1v) is 10.8. The normalized spacial score (nSPS) is 11.3. The molecule has 4 aromatic carbocycles. The van der Waals surface area contributed by atoms with Crippen molar-refractivity contribution in [3.63, 3.8) is 0 Å². The summed E-state index contributed by atoms with van der Waals surface area (Å²) in [6.07, 6.45) is 1.55. The summed E-state index contributed by atoms with van der Waals surface area (Å²) >= 11 is 0. The number of aromatic amines is 1. The Morgan fingerprint density at radius 1 is 0.971 bits per heavy atom. The van der Waals surface area contributed by atoms with Gasteiger partial charge in [0.2, 0.25) is 0 Å². The van der Waals surface area contributed by atoms with Crippen LogP contribution in [0.2, 0.25) is 0 Å². The summed E-state index contributed by atoms with van der Waals surface area (Å²) in [6.45, 7) is 0.307. The first-order chi connectivity index (χ1) is 16.7. The van der Waals surface area contributed by atoms with E-state index in [1.807, 2.05) is 72.8 Å². The number of nitrogens with one attached hydrogen (secondary N) is 2. The maximum atomic E-state index is 12.6. The molecule has 1 heterocycles. The van der Waals surface area contributed by atoms with Crippen molar-refractivity contribution >= 4 is 39.5 Å². The number of hydrogen-bond acceptors (Lipinski definition) is 4. The Labute approximate surface area is 196 Å². The molecule has 0 atom stereocenters. The molecule has 0 fully saturated rings. The van der Waals surface area contributed by atoms with Crippen molar-refractivity contribution < 1.29 is 9.53 Å². The minimum Gasteiger partial charge on any atom is -0.486 e. The first kappa shape index (κ1) is 21.0. The molecule has 0 bridgehead atoms. The third-order valence-electron chi connectivity index (χ3n) is 5.38. The van der Waals surface area contributed by atoms with Crippen LogP contribution in [-0.2, 0) is 11.4 Å². The molecule has 5 aromatic rings. The number of anilines is 1. The zero-order chi connectivity index (χ0) is 23.3. The number of ether oxygens (including phenoxy) is 1. The molecule has 6 nitrogen and oxygen atoms in total. The van der Waals surface area contributed by atoms with Crippen LogP contribution < -0.4 is 10.1 Å². The number of benzene rings is 4. The summed E-state index contributed by atoms with van der Waals surface area (Å²) in [5, 5.41) is 14.4. The van der Waals surface area contributed by atoms with Gasteiger partial charge in [0.05, 0.1) is 11.0 Å². The average molecular weight is 444 g/mol. The molecule has 0 unspecified atom stereocenters. The van der Waals surface area contributed by atoms with Gasteiger partial charge in [-0.25, -0.2) is 4.98 Å². The fourth-order valence-electron chi connectivity index (χ4n) is 3.67. The van der Waals surface area contributed by atoms with Crippen LogP contribution in [0.25, 0.3) is 27.9 Å². The molecule has 0 saturated carbocycles. The molecule has 164 valence electrons.